The molecule has 1 fully saturated rings. The fourth-order valence-corrected chi connectivity index (χ4v) is 2.54. The summed E-state index contributed by atoms with van der Waals surface area (Å²) in [6, 6.07) is 3.14. The zero-order valence-electron chi connectivity index (χ0n) is 11.6. The van der Waals surface area contributed by atoms with Gasteiger partial charge in [0.1, 0.15) is 11.6 Å². The number of hydrogen-bond donors (Lipinski definition) is 2. The molecule has 1 aromatic carbocycles. The van der Waals surface area contributed by atoms with Gasteiger partial charge in [0, 0.05) is 25.2 Å². The third-order valence-electron chi connectivity index (χ3n) is 3.74. The predicted molar refractivity (Wildman–Crippen MR) is 73.6 cm³/mol. The third-order valence-corrected chi connectivity index (χ3v) is 3.74. The zero-order valence-corrected chi connectivity index (χ0v) is 11.6. The first-order valence-electron chi connectivity index (χ1n) is 6.69. The Hall–Kier alpha value is -1.69. The van der Waals surface area contributed by atoms with Crippen molar-refractivity contribution in [1.82, 2.24) is 10.2 Å². The van der Waals surface area contributed by atoms with Gasteiger partial charge in [0.05, 0.1) is 5.69 Å². The van der Waals surface area contributed by atoms with Crippen molar-refractivity contribution < 1.29 is 13.6 Å². The average Bonchev–Trinajstić information content (AvgIpc) is 2.41. The lowest BCUT2D eigenvalue weighted by Gasteiger charge is -2.36. The summed E-state index contributed by atoms with van der Waals surface area (Å²) in [6.07, 6.45) is 0.858. The molecular formula is C14H19F2N3O. The molecule has 1 saturated heterocycles. The van der Waals surface area contributed by atoms with E-state index in [1.54, 1.807) is 4.90 Å². The van der Waals surface area contributed by atoms with Crippen molar-refractivity contribution in [1.29, 1.82) is 0 Å². The van der Waals surface area contributed by atoms with Crippen LogP contribution in [0.5, 0.6) is 0 Å². The topological polar surface area (TPSA) is 44.4 Å². The molecule has 20 heavy (non-hydrogen) atoms. The Morgan fingerprint density at radius 2 is 2.15 bits per heavy atom. The van der Waals surface area contributed by atoms with E-state index in [2.05, 4.69) is 17.6 Å². The first kappa shape index (κ1) is 14.7. The molecule has 110 valence electrons. The molecular weight excluding hydrogens is 264 g/mol. The van der Waals surface area contributed by atoms with Gasteiger partial charge in [0.25, 0.3) is 0 Å². The van der Waals surface area contributed by atoms with Crippen molar-refractivity contribution in [2.45, 2.75) is 19.4 Å². The number of halogens is 2. The van der Waals surface area contributed by atoms with Gasteiger partial charge in [-0.3, -0.25) is 0 Å². The molecule has 0 radical (unpaired) electrons. The van der Waals surface area contributed by atoms with Crippen molar-refractivity contribution in [3.8, 4) is 0 Å². The summed E-state index contributed by atoms with van der Waals surface area (Å²) in [5, 5.41) is 5.70. The Bertz CT molecular complexity index is 495. The van der Waals surface area contributed by atoms with E-state index in [0.29, 0.717) is 25.0 Å². The van der Waals surface area contributed by atoms with E-state index in [1.165, 1.54) is 6.07 Å². The molecule has 2 rings (SSSR count). The Morgan fingerprint density at radius 1 is 1.40 bits per heavy atom. The van der Waals surface area contributed by atoms with Crippen LogP contribution in [-0.2, 0) is 0 Å². The number of benzene rings is 1. The second-order valence-electron chi connectivity index (χ2n) is 5.16. The van der Waals surface area contributed by atoms with Gasteiger partial charge in [-0.25, -0.2) is 13.6 Å². The van der Waals surface area contributed by atoms with E-state index >= 15 is 0 Å². The van der Waals surface area contributed by atoms with Crippen molar-refractivity contribution in [2.24, 2.45) is 5.92 Å². The minimum atomic E-state index is -0.767. The molecule has 1 aliphatic heterocycles. The van der Waals surface area contributed by atoms with Crippen LogP contribution in [0.25, 0.3) is 0 Å². The molecule has 1 aliphatic rings. The number of piperidine rings is 1. The van der Waals surface area contributed by atoms with Crippen LogP contribution in [0.15, 0.2) is 18.2 Å². The summed E-state index contributed by atoms with van der Waals surface area (Å²) in [7, 11) is 1.91. The maximum atomic E-state index is 13.5. The first-order valence-corrected chi connectivity index (χ1v) is 6.69. The third kappa shape index (κ3) is 3.25. The van der Waals surface area contributed by atoms with Gasteiger partial charge < -0.3 is 15.5 Å². The number of nitrogens with zero attached hydrogens (tertiary/aromatic N) is 1. The monoisotopic (exact) mass is 283 g/mol. The number of carbonyl (C=O) groups is 1. The van der Waals surface area contributed by atoms with Crippen LogP contribution >= 0.6 is 0 Å². The molecule has 0 spiro atoms. The second-order valence-corrected chi connectivity index (χ2v) is 5.16. The van der Waals surface area contributed by atoms with Crippen LogP contribution in [0.4, 0.5) is 19.3 Å². The van der Waals surface area contributed by atoms with Crippen LogP contribution in [0.1, 0.15) is 13.3 Å². The maximum Gasteiger partial charge on any atom is 0.321 e. The van der Waals surface area contributed by atoms with E-state index < -0.39 is 11.6 Å². The molecule has 2 amide bonds. The van der Waals surface area contributed by atoms with Gasteiger partial charge in [-0.15, -0.1) is 0 Å². The van der Waals surface area contributed by atoms with E-state index in [4.69, 9.17) is 0 Å². The van der Waals surface area contributed by atoms with E-state index in [9.17, 15) is 13.6 Å². The molecule has 0 aromatic heterocycles. The standard InChI is InChI=1S/C14H19F2N3O/c1-9-8-19(6-5-12(9)17-2)14(20)18-13-4-3-10(15)7-11(13)16/h3-4,7,9,12,17H,5-6,8H2,1-2H3,(H,18,20). The molecule has 0 saturated carbocycles. The van der Waals surface area contributed by atoms with Crippen molar-refractivity contribution in [3.63, 3.8) is 0 Å². The summed E-state index contributed by atoms with van der Waals surface area (Å²) >= 11 is 0. The van der Waals surface area contributed by atoms with Gasteiger partial charge in [-0.05, 0) is 31.5 Å². The fourth-order valence-electron chi connectivity index (χ4n) is 2.54. The Kier molecular flexibility index (Phi) is 4.54. The van der Waals surface area contributed by atoms with Gasteiger partial charge in [0.15, 0.2) is 0 Å². The lowest BCUT2D eigenvalue weighted by molar-refractivity contribution is 0.163. The number of carbonyl (C=O) groups excluding carboxylic acids is 1. The Labute approximate surface area is 117 Å². The average molecular weight is 283 g/mol. The smallest absolute Gasteiger partial charge is 0.321 e. The zero-order chi connectivity index (χ0) is 14.7. The quantitative estimate of drug-likeness (QED) is 0.875. The van der Waals surface area contributed by atoms with Gasteiger partial charge >= 0.3 is 6.03 Å². The second kappa shape index (κ2) is 6.17. The number of likely N-dealkylation sites (tertiary alicyclic amines) is 1. The molecule has 6 heteroatoms. The van der Waals surface area contributed by atoms with Gasteiger partial charge in [-0.1, -0.05) is 6.92 Å². The van der Waals surface area contributed by atoms with E-state index in [1.807, 2.05) is 7.05 Å². The fraction of sp³-hybridized carbons (Fsp3) is 0.500. The molecule has 0 bridgehead atoms. The number of amides is 2. The normalized spacial score (nSPS) is 22.7. The summed E-state index contributed by atoms with van der Waals surface area (Å²) < 4.78 is 26.3. The highest BCUT2D eigenvalue weighted by molar-refractivity contribution is 5.89. The summed E-state index contributed by atoms with van der Waals surface area (Å²) in [5.41, 5.74) is -0.000192. The largest absolute Gasteiger partial charge is 0.324 e. The lowest BCUT2D eigenvalue weighted by atomic mass is 9.94. The van der Waals surface area contributed by atoms with Crippen molar-refractivity contribution in [3.05, 3.63) is 29.8 Å². The minimum Gasteiger partial charge on any atom is -0.324 e. The molecule has 2 atom stereocenters. The van der Waals surface area contributed by atoms with E-state index in [-0.39, 0.29) is 11.7 Å². The van der Waals surface area contributed by atoms with Crippen LogP contribution in [-0.4, -0.2) is 37.1 Å². The molecule has 1 aromatic rings. The van der Waals surface area contributed by atoms with Crippen LogP contribution in [0.3, 0.4) is 0 Å². The highest BCUT2D eigenvalue weighted by Gasteiger charge is 2.27. The number of nitrogens with one attached hydrogen (secondary N) is 2. The summed E-state index contributed by atoms with van der Waals surface area (Å²) in [4.78, 5) is 13.7. The molecule has 2 unspecified atom stereocenters. The Morgan fingerprint density at radius 3 is 2.75 bits per heavy atom. The van der Waals surface area contributed by atoms with Gasteiger partial charge in [0.2, 0.25) is 0 Å². The minimum absolute atomic E-state index is 0.000192. The number of urea groups is 1. The van der Waals surface area contributed by atoms with Gasteiger partial charge in [-0.2, -0.15) is 0 Å². The predicted octanol–water partition coefficient (Wildman–Crippen LogP) is 2.43. The first-order chi connectivity index (χ1) is 9.51. The van der Waals surface area contributed by atoms with Crippen LogP contribution in [0.2, 0.25) is 0 Å². The number of rotatable bonds is 2. The van der Waals surface area contributed by atoms with Crippen LogP contribution in [0, 0.1) is 17.6 Å². The highest BCUT2D eigenvalue weighted by atomic mass is 19.1. The molecule has 0 aliphatic carbocycles. The lowest BCUT2D eigenvalue weighted by Crippen LogP contribution is -2.50. The van der Waals surface area contributed by atoms with Crippen molar-refractivity contribution in [2.75, 3.05) is 25.5 Å². The number of anilines is 1. The maximum absolute atomic E-state index is 13.5. The Balaban J connectivity index is 1.98. The van der Waals surface area contributed by atoms with E-state index in [0.717, 1.165) is 18.6 Å². The molecule has 1 heterocycles. The number of hydrogen-bond acceptors (Lipinski definition) is 2. The highest BCUT2D eigenvalue weighted by Crippen LogP contribution is 2.19. The molecule has 4 nitrogen and oxygen atoms in total. The molecule has 2 N–H and O–H groups in total. The SMILES string of the molecule is CNC1CCN(C(=O)Nc2ccc(F)cc2F)CC1C. The van der Waals surface area contributed by atoms with Crippen molar-refractivity contribution >= 4 is 11.7 Å². The van der Waals surface area contributed by atoms with Crippen LogP contribution < -0.4 is 10.6 Å². The summed E-state index contributed by atoms with van der Waals surface area (Å²) in [5.74, 6) is -1.10. The summed E-state index contributed by atoms with van der Waals surface area (Å²) in [6.45, 7) is 3.30.